The molecule has 1 unspecified atom stereocenters. The van der Waals surface area contributed by atoms with Gasteiger partial charge in [-0.15, -0.1) is 0 Å². The molecule has 1 N–H and O–H groups in total. The van der Waals surface area contributed by atoms with Gasteiger partial charge in [-0.25, -0.2) is 0 Å². The average molecular weight is 270 g/mol. The first kappa shape index (κ1) is 16.4. The fourth-order valence-corrected chi connectivity index (χ4v) is 3.19. The van der Waals surface area contributed by atoms with Crippen LogP contribution in [0.5, 0.6) is 0 Å². The van der Waals surface area contributed by atoms with Crippen LogP contribution < -0.4 is 5.32 Å². The molecule has 0 aromatic rings. The highest BCUT2D eigenvalue weighted by Gasteiger charge is 2.43. The zero-order chi connectivity index (χ0) is 14.3. The van der Waals surface area contributed by atoms with E-state index in [1.54, 1.807) is 7.11 Å². The van der Waals surface area contributed by atoms with Crippen LogP contribution in [0.25, 0.3) is 0 Å². The van der Waals surface area contributed by atoms with E-state index in [2.05, 4.69) is 17.3 Å². The third kappa shape index (κ3) is 4.18. The van der Waals surface area contributed by atoms with Gasteiger partial charge in [-0.05, 0) is 38.1 Å². The van der Waals surface area contributed by atoms with Crippen LogP contribution in [0.3, 0.4) is 0 Å². The Labute approximate surface area is 117 Å². The molecule has 2 fully saturated rings. The fourth-order valence-electron chi connectivity index (χ4n) is 3.19. The summed E-state index contributed by atoms with van der Waals surface area (Å²) in [5.41, 5.74) is 0.554. The van der Waals surface area contributed by atoms with Gasteiger partial charge >= 0.3 is 0 Å². The number of rotatable bonds is 4. The number of likely N-dealkylation sites (tertiary alicyclic amines) is 1. The number of methoxy groups -OCH3 is 1. The lowest BCUT2D eigenvalue weighted by atomic mass is 9.63. The number of hydrogen-bond acceptors (Lipinski definition) is 3. The van der Waals surface area contributed by atoms with Crippen molar-refractivity contribution in [1.82, 2.24) is 10.2 Å². The van der Waals surface area contributed by atoms with Gasteiger partial charge in [0.2, 0.25) is 5.91 Å². The summed E-state index contributed by atoms with van der Waals surface area (Å²) in [6.07, 6.45) is 6.32. The van der Waals surface area contributed by atoms with Crippen LogP contribution in [0, 0.1) is 5.41 Å². The Morgan fingerprint density at radius 3 is 2.53 bits per heavy atom. The second-order valence-corrected chi connectivity index (χ2v) is 5.61. The Balaban J connectivity index is 0.000000861. The molecule has 1 saturated carbocycles. The number of ether oxygens (including phenoxy) is 1. The number of carbonyl (C=O) groups excluding carboxylic acids is 1. The zero-order valence-corrected chi connectivity index (χ0v) is 13.0. The van der Waals surface area contributed by atoms with Gasteiger partial charge in [0.05, 0.1) is 12.6 Å². The van der Waals surface area contributed by atoms with Crippen LogP contribution >= 0.6 is 0 Å². The van der Waals surface area contributed by atoms with E-state index < -0.39 is 0 Å². The standard InChI is InChI=1S/C13H24N2O2.C2H6/c1-15-10-13(5-3-6-13)7-4-11(15)12(16)14-8-9-17-2;1-2/h11H,3-10H2,1-2H3,(H,14,16);1-2H3. The molecule has 1 heterocycles. The highest BCUT2D eigenvalue weighted by Crippen LogP contribution is 2.48. The largest absolute Gasteiger partial charge is 0.383 e. The summed E-state index contributed by atoms with van der Waals surface area (Å²) in [4.78, 5) is 14.2. The van der Waals surface area contributed by atoms with Gasteiger partial charge in [0.15, 0.2) is 0 Å². The van der Waals surface area contributed by atoms with Crippen LogP contribution in [0.1, 0.15) is 46.0 Å². The third-order valence-corrected chi connectivity index (χ3v) is 4.39. The highest BCUT2D eigenvalue weighted by molar-refractivity contribution is 5.81. The molecule has 1 aliphatic heterocycles. The molecule has 0 radical (unpaired) electrons. The summed E-state index contributed by atoms with van der Waals surface area (Å²) in [6, 6.07) is 0.0677. The van der Waals surface area contributed by atoms with Gasteiger partial charge in [0.25, 0.3) is 0 Å². The first-order valence-corrected chi connectivity index (χ1v) is 7.64. The normalized spacial score (nSPS) is 25.2. The molecule has 1 amide bonds. The maximum Gasteiger partial charge on any atom is 0.237 e. The number of nitrogens with one attached hydrogen (secondary N) is 1. The number of hydrogen-bond donors (Lipinski definition) is 1. The Morgan fingerprint density at radius 2 is 2.05 bits per heavy atom. The van der Waals surface area contributed by atoms with Gasteiger partial charge in [-0.2, -0.15) is 0 Å². The molecule has 112 valence electrons. The molecule has 1 aliphatic carbocycles. The van der Waals surface area contributed by atoms with Crippen molar-refractivity contribution < 1.29 is 9.53 Å². The van der Waals surface area contributed by atoms with Gasteiger partial charge in [-0.3, -0.25) is 9.69 Å². The smallest absolute Gasteiger partial charge is 0.237 e. The topological polar surface area (TPSA) is 41.6 Å². The van der Waals surface area contributed by atoms with Crippen molar-refractivity contribution >= 4 is 5.91 Å². The van der Waals surface area contributed by atoms with Crippen molar-refractivity contribution in [2.75, 3.05) is 33.9 Å². The predicted molar refractivity (Wildman–Crippen MR) is 78.2 cm³/mol. The van der Waals surface area contributed by atoms with Crippen molar-refractivity contribution in [2.24, 2.45) is 5.41 Å². The quantitative estimate of drug-likeness (QED) is 0.795. The average Bonchev–Trinajstić information content (AvgIpc) is 2.39. The van der Waals surface area contributed by atoms with Gasteiger partial charge < -0.3 is 10.1 Å². The number of nitrogens with zero attached hydrogens (tertiary/aromatic N) is 1. The molecule has 0 aromatic carbocycles. The highest BCUT2D eigenvalue weighted by atomic mass is 16.5. The Hall–Kier alpha value is -0.610. The van der Waals surface area contributed by atoms with Crippen molar-refractivity contribution in [1.29, 1.82) is 0 Å². The predicted octanol–water partition coefficient (Wildman–Crippen LogP) is 2.04. The van der Waals surface area contributed by atoms with Crippen molar-refractivity contribution in [3.63, 3.8) is 0 Å². The summed E-state index contributed by atoms with van der Waals surface area (Å²) in [7, 11) is 3.74. The third-order valence-electron chi connectivity index (χ3n) is 4.39. The molecular formula is C15H30N2O2. The Kier molecular flexibility index (Phi) is 6.80. The lowest BCUT2D eigenvalue weighted by Gasteiger charge is -2.50. The van der Waals surface area contributed by atoms with E-state index in [1.165, 1.54) is 25.7 Å². The zero-order valence-electron chi connectivity index (χ0n) is 13.0. The van der Waals surface area contributed by atoms with Crippen molar-refractivity contribution in [3.8, 4) is 0 Å². The fraction of sp³-hybridized carbons (Fsp3) is 0.933. The van der Waals surface area contributed by atoms with E-state index in [4.69, 9.17) is 4.74 Å². The number of likely N-dealkylation sites (N-methyl/N-ethyl adjacent to an activating group) is 1. The molecule has 2 rings (SSSR count). The minimum atomic E-state index is 0.0677. The SMILES string of the molecule is CC.COCCNC(=O)C1CCC2(CCC2)CN1C. The summed E-state index contributed by atoms with van der Waals surface area (Å²) >= 11 is 0. The van der Waals surface area contributed by atoms with E-state index in [0.717, 1.165) is 13.0 Å². The van der Waals surface area contributed by atoms with E-state index >= 15 is 0 Å². The van der Waals surface area contributed by atoms with Crippen molar-refractivity contribution in [3.05, 3.63) is 0 Å². The van der Waals surface area contributed by atoms with E-state index in [-0.39, 0.29) is 11.9 Å². The molecule has 4 heteroatoms. The Morgan fingerprint density at radius 1 is 1.37 bits per heavy atom. The molecule has 0 bridgehead atoms. The summed E-state index contributed by atoms with van der Waals surface area (Å²) in [5, 5.41) is 2.94. The van der Waals surface area contributed by atoms with Gasteiger partial charge in [-0.1, -0.05) is 20.3 Å². The summed E-state index contributed by atoms with van der Waals surface area (Å²) in [6.45, 7) is 6.30. The molecule has 4 nitrogen and oxygen atoms in total. The Bertz CT molecular complexity index is 277. The van der Waals surface area contributed by atoms with Crippen LogP contribution in [0.15, 0.2) is 0 Å². The van der Waals surface area contributed by atoms with Crippen LogP contribution in [0.2, 0.25) is 0 Å². The van der Waals surface area contributed by atoms with E-state index in [0.29, 0.717) is 18.6 Å². The second-order valence-electron chi connectivity index (χ2n) is 5.61. The minimum absolute atomic E-state index is 0.0677. The monoisotopic (exact) mass is 270 g/mol. The molecule has 19 heavy (non-hydrogen) atoms. The second kappa shape index (κ2) is 7.85. The van der Waals surface area contributed by atoms with E-state index in [9.17, 15) is 4.79 Å². The molecule has 0 aromatic heterocycles. The minimum Gasteiger partial charge on any atom is -0.383 e. The summed E-state index contributed by atoms with van der Waals surface area (Å²) < 4.78 is 4.94. The molecular weight excluding hydrogens is 240 g/mol. The lowest BCUT2D eigenvalue weighted by Crippen LogP contribution is -2.55. The maximum atomic E-state index is 12.0. The van der Waals surface area contributed by atoms with Crippen molar-refractivity contribution in [2.45, 2.75) is 52.0 Å². The van der Waals surface area contributed by atoms with Gasteiger partial charge in [0.1, 0.15) is 0 Å². The molecule has 1 spiro atoms. The molecule has 1 atom stereocenters. The number of piperidine rings is 1. The molecule has 1 saturated heterocycles. The molecule has 2 aliphatic rings. The van der Waals surface area contributed by atoms with Crippen LogP contribution in [-0.2, 0) is 9.53 Å². The lowest BCUT2D eigenvalue weighted by molar-refractivity contribution is -0.130. The first-order valence-electron chi connectivity index (χ1n) is 7.64. The maximum absolute atomic E-state index is 12.0. The van der Waals surface area contributed by atoms with Crippen LogP contribution in [-0.4, -0.2) is 50.7 Å². The number of carbonyl (C=O) groups is 1. The first-order chi connectivity index (χ1) is 9.17. The van der Waals surface area contributed by atoms with Gasteiger partial charge in [0, 0.05) is 20.2 Å². The van der Waals surface area contributed by atoms with E-state index in [1.807, 2.05) is 13.8 Å². The number of amides is 1. The van der Waals surface area contributed by atoms with Crippen LogP contribution in [0.4, 0.5) is 0 Å². The summed E-state index contributed by atoms with van der Waals surface area (Å²) in [5.74, 6) is 0.165.